The minimum atomic E-state index is -0.347. The van der Waals surface area contributed by atoms with Gasteiger partial charge in [-0.1, -0.05) is 12.1 Å². The molecule has 0 spiro atoms. The third-order valence-corrected chi connectivity index (χ3v) is 3.39. The van der Waals surface area contributed by atoms with Gasteiger partial charge in [-0.15, -0.1) is 0 Å². The summed E-state index contributed by atoms with van der Waals surface area (Å²) >= 11 is 0. The van der Waals surface area contributed by atoms with E-state index < -0.39 is 0 Å². The summed E-state index contributed by atoms with van der Waals surface area (Å²) < 4.78 is 1.57. The monoisotopic (exact) mass is 287 g/mol. The van der Waals surface area contributed by atoms with Gasteiger partial charge in [0.1, 0.15) is 5.82 Å². The van der Waals surface area contributed by atoms with Gasteiger partial charge in [-0.05, 0) is 31.9 Å². The van der Waals surface area contributed by atoms with Gasteiger partial charge >= 0.3 is 0 Å². The molecule has 6 nitrogen and oxygen atoms in total. The molecule has 0 fully saturated rings. The Hall–Kier alpha value is -2.50. The summed E-state index contributed by atoms with van der Waals surface area (Å²) in [5.74, 6) is 0.273. The van der Waals surface area contributed by atoms with E-state index in [2.05, 4.69) is 10.3 Å². The summed E-state index contributed by atoms with van der Waals surface area (Å²) in [4.78, 5) is 38.3. The van der Waals surface area contributed by atoms with Crippen molar-refractivity contribution in [3.63, 3.8) is 0 Å². The van der Waals surface area contributed by atoms with Gasteiger partial charge in [0.25, 0.3) is 5.56 Å². The maximum absolute atomic E-state index is 12.5. The molecule has 1 N–H and O–H groups in total. The molecule has 2 aromatic rings. The number of aromatic nitrogens is 2. The number of imide groups is 1. The van der Waals surface area contributed by atoms with E-state index >= 15 is 0 Å². The van der Waals surface area contributed by atoms with E-state index in [1.165, 1.54) is 0 Å². The number of carbonyl (C=O) groups excluding carboxylic acids is 2. The highest BCUT2D eigenvalue weighted by atomic mass is 16.2. The number of hydrogen-bond donors (Lipinski definition) is 1. The molecule has 21 heavy (non-hydrogen) atoms. The van der Waals surface area contributed by atoms with Gasteiger partial charge in [-0.2, -0.15) is 0 Å². The minimum absolute atomic E-state index is 0.0913. The van der Waals surface area contributed by atoms with E-state index in [-0.39, 0.29) is 17.9 Å². The summed E-state index contributed by atoms with van der Waals surface area (Å²) in [5.41, 5.74) is 1.48. The quantitative estimate of drug-likeness (QED) is 0.834. The molecular weight excluding hydrogens is 270 g/mol. The Bertz CT molecular complexity index is 750. The number of amides is 2. The number of hydrogen-bond acceptors (Lipinski definition) is 4. The highest BCUT2D eigenvalue weighted by molar-refractivity contribution is 5.85. The van der Waals surface area contributed by atoms with Crippen LogP contribution in [-0.4, -0.2) is 21.9 Å². The second-order valence-corrected chi connectivity index (χ2v) is 4.87. The molecule has 0 saturated heterocycles. The Morgan fingerprint density at radius 3 is 2.86 bits per heavy atom. The Kier molecular flexibility index (Phi) is 4.47. The van der Waals surface area contributed by atoms with Crippen molar-refractivity contribution in [1.29, 1.82) is 0 Å². The van der Waals surface area contributed by atoms with Crippen LogP contribution in [0, 0.1) is 13.8 Å². The molecule has 1 aromatic carbocycles. The van der Waals surface area contributed by atoms with Crippen molar-refractivity contribution in [1.82, 2.24) is 14.9 Å². The molecule has 0 bridgehead atoms. The van der Waals surface area contributed by atoms with Crippen LogP contribution in [0.3, 0.4) is 0 Å². The number of nitrogens with zero attached hydrogens (tertiary/aromatic N) is 2. The predicted octanol–water partition coefficient (Wildman–Crippen LogP) is 1.07. The molecule has 0 atom stereocenters. The third kappa shape index (κ3) is 3.16. The highest BCUT2D eigenvalue weighted by Gasteiger charge is 2.10. The van der Waals surface area contributed by atoms with Crippen molar-refractivity contribution in [2.75, 3.05) is 0 Å². The molecule has 0 aliphatic heterocycles. The van der Waals surface area contributed by atoms with Crippen LogP contribution in [0.2, 0.25) is 0 Å². The van der Waals surface area contributed by atoms with Crippen molar-refractivity contribution in [2.24, 2.45) is 0 Å². The Balaban J connectivity index is 2.28. The van der Waals surface area contributed by atoms with Gasteiger partial charge in [0.2, 0.25) is 12.3 Å². The number of aryl methyl sites for hydroxylation is 2. The molecule has 0 unspecified atom stereocenters. The van der Waals surface area contributed by atoms with Crippen LogP contribution in [0.15, 0.2) is 23.0 Å². The zero-order valence-corrected chi connectivity index (χ0v) is 12.0. The number of nitrogens with one attached hydrogen (secondary N) is 1. The van der Waals surface area contributed by atoms with Gasteiger partial charge in [0.05, 0.1) is 10.9 Å². The largest absolute Gasteiger partial charge is 0.299 e. The Morgan fingerprint density at radius 2 is 2.14 bits per heavy atom. The first-order chi connectivity index (χ1) is 10.0. The van der Waals surface area contributed by atoms with E-state index in [0.29, 0.717) is 36.1 Å². The first kappa shape index (κ1) is 14.9. The van der Waals surface area contributed by atoms with Crippen LogP contribution >= 0.6 is 0 Å². The second-order valence-electron chi connectivity index (χ2n) is 4.87. The molecule has 2 rings (SSSR count). The predicted molar refractivity (Wildman–Crippen MR) is 78.9 cm³/mol. The summed E-state index contributed by atoms with van der Waals surface area (Å²) in [6, 6.07) is 5.57. The molecule has 0 aliphatic carbocycles. The third-order valence-electron chi connectivity index (χ3n) is 3.39. The fourth-order valence-corrected chi connectivity index (χ4v) is 2.34. The van der Waals surface area contributed by atoms with Crippen molar-refractivity contribution >= 4 is 23.2 Å². The van der Waals surface area contributed by atoms with Crippen molar-refractivity contribution < 1.29 is 9.59 Å². The van der Waals surface area contributed by atoms with E-state index in [9.17, 15) is 14.4 Å². The van der Waals surface area contributed by atoms with E-state index in [4.69, 9.17) is 0 Å². The van der Waals surface area contributed by atoms with E-state index in [1.807, 2.05) is 25.1 Å². The summed E-state index contributed by atoms with van der Waals surface area (Å²) in [5, 5.41) is 2.69. The van der Waals surface area contributed by atoms with Gasteiger partial charge in [-0.25, -0.2) is 4.98 Å². The topological polar surface area (TPSA) is 81.1 Å². The van der Waals surface area contributed by atoms with Crippen LogP contribution in [-0.2, 0) is 16.1 Å². The van der Waals surface area contributed by atoms with Crippen molar-refractivity contribution in [3.05, 3.63) is 39.9 Å². The first-order valence-electron chi connectivity index (χ1n) is 6.74. The van der Waals surface area contributed by atoms with Crippen LogP contribution in [0.4, 0.5) is 0 Å². The molecule has 2 amide bonds. The van der Waals surface area contributed by atoms with Crippen molar-refractivity contribution in [3.8, 4) is 0 Å². The summed E-state index contributed by atoms with van der Waals surface area (Å²) in [6.45, 7) is 4.05. The average molecular weight is 287 g/mol. The SMILES string of the molecule is Cc1cccc2nc(C)n(CCCC(=O)NC=O)c(=O)c12. The Morgan fingerprint density at radius 1 is 1.38 bits per heavy atom. The molecular formula is C15H17N3O3. The lowest BCUT2D eigenvalue weighted by Gasteiger charge is -2.11. The van der Waals surface area contributed by atoms with Crippen LogP contribution in [0.5, 0.6) is 0 Å². The lowest BCUT2D eigenvalue weighted by Crippen LogP contribution is -2.26. The highest BCUT2D eigenvalue weighted by Crippen LogP contribution is 2.13. The van der Waals surface area contributed by atoms with E-state index in [1.54, 1.807) is 11.5 Å². The molecule has 0 aliphatic rings. The fraction of sp³-hybridized carbons (Fsp3) is 0.333. The zero-order chi connectivity index (χ0) is 15.4. The summed E-state index contributed by atoms with van der Waals surface area (Å²) in [7, 11) is 0. The zero-order valence-electron chi connectivity index (χ0n) is 12.0. The lowest BCUT2D eigenvalue weighted by molar-refractivity contribution is -0.125. The maximum atomic E-state index is 12.5. The number of fused-ring (bicyclic) bond motifs is 1. The number of rotatable bonds is 5. The Labute approximate surface area is 121 Å². The van der Waals surface area contributed by atoms with E-state index in [0.717, 1.165) is 5.56 Å². The van der Waals surface area contributed by atoms with Gasteiger partial charge in [0.15, 0.2) is 0 Å². The van der Waals surface area contributed by atoms with Gasteiger partial charge < -0.3 is 0 Å². The van der Waals surface area contributed by atoms with Crippen LogP contribution in [0.1, 0.15) is 24.2 Å². The molecule has 1 aromatic heterocycles. The first-order valence-corrected chi connectivity index (χ1v) is 6.74. The fourth-order valence-electron chi connectivity index (χ4n) is 2.34. The molecule has 1 heterocycles. The minimum Gasteiger partial charge on any atom is -0.299 e. The molecule has 110 valence electrons. The number of benzene rings is 1. The number of carbonyl (C=O) groups is 2. The standard InChI is InChI=1S/C15H17N3O3/c1-10-5-3-6-12-14(10)15(21)18(11(2)17-12)8-4-7-13(20)16-9-19/h3,5-6,9H,4,7-8H2,1-2H3,(H,16,19,20). The van der Waals surface area contributed by atoms with Gasteiger partial charge in [0, 0.05) is 13.0 Å². The molecule has 0 radical (unpaired) electrons. The second kappa shape index (κ2) is 6.30. The maximum Gasteiger partial charge on any atom is 0.261 e. The smallest absolute Gasteiger partial charge is 0.261 e. The molecule has 6 heteroatoms. The molecule has 0 saturated carbocycles. The average Bonchev–Trinajstić information content (AvgIpc) is 2.42. The van der Waals surface area contributed by atoms with Crippen LogP contribution < -0.4 is 10.9 Å². The normalized spacial score (nSPS) is 10.6. The summed E-state index contributed by atoms with van der Waals surface area (Å²) in [6.07, 6.45) is 1.02. The lowest BCUT2D eigenvalue weighted by atomic mass is 10.1. The van der Waals surface area contributed by atoms with Crippen molar-refractivity contribution in [2.45, 2.75) is 33.2 Å². The van der Waals surface area contributed by atoms with Gasteiger partial charge in [-0.3, -0.25) is 24.3 Å². The van der Waals surface area contributed by atoms with Crippen LogP contribution in [0.25, 0.3) is 10.9 Å².